The maximum atomic E-state index is 11.3. The summed E-state index contributed by atoms with van der Waals surface area (Å²) in [7, 11) is 3.31. The van der Waals surface area contributed by atoms with Crippen LogP contribution in [0, 0.1) is 10.1 Å². The Bertz CT molecular complexity index is 375. The maximum Gasteiger partial charge on any atom is 0.285 e. The number of nitro benzene ring substituents is 1. The first-order valence-corrected chi connectivity index (χ1v) is 4.96. The van der Waals surface area contributed by atoms with Crippen molar-refractivity contribution in [2.24, 2.45) is 0 Å². The Morgan fingerprint density at radius 3 is 2.27 bits per heavy atom. The summed E-state index contributed by atoms with van der Waals surface area (Å²) in [6, 6.07) is 5.88. The molecule has 0 bridgehead atoms. The van der Waals surface area contributed by atoms with E-state index in [1.54, 1.807) is 26.2 Å². The van der Waals surface area contributed by atoms with E-state index in [-0.39, 0.29) is 10.9 Å². The van der Waals surface area contributed by atoms with E-state index in [9.17, 15) is 14.9 Å². The van der Waals surface area contributed by atoms with E-state index < -0.39 is 4.92 Å². The van der Waals surface area contributed by atoms with Gasteiger partial charge in [0.05, 0.1) is 4.92 Å². The van der Waals surface area contributed by atoms with Crippen molar-refractivity contribution in [3.63, 3.8) is 0 Å². The fraction of sp³-hybridized carbons (Fsp3) is 0.222. The van der Waals surface area contributed by atoms with E-state index in [4.69, 9.17) is 0 Å². The molecule has 0 N–H and O–H groups in total. The normalized spacial score (nSPS) is 9.73. The van der Waals surface area contributed by atoms with Crippen LogP contribution in [-0.4, -0.2) is 29.2 Å². The molecule has 0 unspecified atom stereocenters. The van der Waals surface area contributed by atoms with Crippen LogP contribution in [0.4, 0.5) is 10.5 Å². The molecule has 80 valence electrons. The van der Waals surface area contributed by atoms with Gasteiger partial charge in [0, 0.05) is 31.1 Å². The molecule has 0 saturated carbocycles. The van der Waals surface area contributed by atoms with Gasteiger partial charge in [-0.3, -0.25) is 14.9 Å². The summed E-state index contributed by atoms with van der Waals surface area (Å²) in [5, 5.41) is 10.3. The van der Waals surface area contributed by atoms with Crippen molar-refractivity contribution in [3.05, 3.63) is 34.4 Å². The Balaban J connectivity index is 2.73. The van der Waals surface area contributed by atoms with Gasteiger partial charge in [0.2, 0.25) is 0 Å². The molecular weight excluding hydrogens is 216 g/mol. The fourth-order valence-corrected chi connectivity index (χ4v) is 1.48. The second kappa shape index (κ2) is 4.79. The van der Waals surface area contributed by atoms with E-state index in [0.717, 1.165) is 11.8 Å². The predicted octanol–water partition coefficient (Wildman–Crippen LogP) is 2.37. The Hall–Kier alpha value is -1.56. The van der Waals surface area contributed by atoms with Crippen molar-refractivity contribution in [2.45, 2.75) is 4.90 Å². The highest BCUT2D eigenvalue weighted by molar-refractivity contribution is 8.13. The van der Waals surface area contributed by atoms with Crippen LogP contribution < -0.4 is 0 Å². The number of nitrogens with zero attached hydrogens (tertiary/aromatic N) is 2. The molecule has 0 aliphatic rings. The highest BCUT2D eigenvalue weighted by Gasteiger charge is 2.08. The van der Waals surface area contributed by atoms with Gasteiger partial charge in [0.15, 0.2) is 0 Å². The molecule has 0 aliphatic heterocycles. The second-order valence-corrected chi connectivity index (χ2v) is 4.04. The van der Waals surface area contributed by atoms with Crippen molar-refractivity contribution in [3.8, 4) is 0 Å². The molecular formula is C9H10N2O3S. The quantitative estimate of drug-likeness (QED) is 0.441. The van der Waals surface area contributed by atoms with Crippen LogP contribution in [0.1, 0.15) is 0 Å². The number of nitro groups is 1. The number of hydrogen-bond acceptors (Lipinski definition) is 4. The summed E-state index contributed by atoms with van der Waals surface area (Å²) in [4.78, 5) is 23.3. The van der Waals surface area contributed by atoms with Crippen molar-refractivity contribution in [1.82, 2.24) is 4.90 Å². The van der Waals surface area contributed by atoms with Gasteiger partial charge in [-0.05, 0) is 23.9 Å². The highest BCUT2D eigenvalue weighted by Crippen LogP contribution is 2.22. The van der Waals surface area contributed by atoms with Crippen LogP contribution in [0.5, 0.6) is 0 Å². The van der Waals surface area contributed by atoms with Crippen LogP contribution >= 0.6 is 11.8 Å². The Labute approximate surface area is 91.2 Å². The zero-order valence-corrected chi connectivity index (χ0v) is 9.15. The van der Waals surface area contributed by atoms with Gasteiger partial charge in [-0.2, -0.15) is 0 Å². The van der Waals surface area contributed by atoms with Crippen LogP contribution in [0.3, 0.4) is 0 Å². The summed E-state index contributed by atoms with van der Waals surface area (Å²) in [6.45, 7) is 0. The Morgan fingerprint density at radius 1 is 1.33 bits per heavy atom. The van der Waals surface area contributed by atoms with Gasteiger partial charge in [-0.1, -0.05) is 0 Å². The number of carbonyl (C=O) groups excluding carboxylic acids is 1. The number of non-ortho nitro benzene ring substituents is 1. The predicted molar refractivity (Wildman–Crippen MR) is 58.0 cm³/mol. The molecule has 0 aliphatic carbocycles. The summed E-state index contributed by atoms with van der Waals surface area (Å²) in [5.41, 5.74) is 0.0247. The second-order valence-electron chi connectivity index (χ2n) is 3.01. The molecule has 0 heterocycles. The number of hydrogen-bond donors (Lipinski definition) is 0. The van der Waals surface area contributed by atoms with Crippen molar-refractivity contribution >= 4 is 22.7 Å². The lowest BCUT2D eigenvalue weighted by Gasteiger charge is -2.08. The largest absolute Gasteiger partial charge is 0.339 e. The van der Waals surface area contributed by atoms with E-state index in [0.29, 0.717) is 4.90 Å². The molecule has 0 spiro atoms. The number of thioether (sulfide) groups is 1. The highest BCUT2D eigenvalue weighted by atomic mass is 32.2. The number of carbonyl (C=O) groups is 1. The third kappa shape index (κ3) is 3.25. The van der Waals surface area contributed by atoms with Crippen molar-refractivity contribution in [2.75, 3.05) is 14.1 Å². The Kier molecular flexibility index (Phi) is 3.68. The minimum absolute atomic E-state index is 0.0247. The van der Waals surface area contributed by atoms with Gasteiger partial charge in [0.1, 0.15) is 0 Å². The van der Waals surface area contributed by atoms with E-state index in [1.165, 1.54) is 17.0 Å². The molecule has 0 fully saturated rings. The topological polar surface area (TPSA) is 63.5 Å². The SMILES string of the molecule is CN(C)C(=O)Sc1ccc([N+](=O)[O-])cc1. The minimum atomic E-state index is -0.470. The zero-order chi connectivity index (χ0) is 11.4. The molecule has 0 radical (unpaired) electrons. The third-order valence-corrected chi connectivity index (χ3v) is 2.67. The molecule has 6 heteroatoms. The third-order valence-electron chi connectivity index (χ3n) is 1.62. The molecule has 0 aromatic heterocycles. The lowest BCUT2D eigenvalue weighted by atomic mass is 10.3. The maximum absolute atomic E-state index is 11.3. The van der Waals surface area contributed by atoms with E-state index in [2.05, 4.69) is 0 Å². The number of benzene rings is 1. The first-order chi connectivity index (χ1) is 7.00. The van der Waals surface area contributed by atoms with E-state index in [1.807, 2.05) is 0 Å². The molecule has 1 rings (SSSR count). The van der Waals surface area contributed by atoms with Gasteiger partial charge in [-0.15, -0.1) is 0 Å². The standard InChI is InChI=1S/C9H10N2O3S/c1-10(2)9(12)15-8-5-3-7(4-6-8)11(13)14/h3-6H,1-2H3. The summed E-state index contributed by atoms with van der Waals surface area (Å²) in [5.74, 6) is 0. The smallest absolute Gasteiger partial charge is 0.285 e. The van der Waals surface area contributed by atoms with Crippen LogP contribution in [0.25, 0.3) is 0 Å². The van der Waals surface area contributed by atoms with Crippen molar-refractivity contribution < 1.29 is 9.72 Å². The lowest BCUT2D eigenvalue weighted by molar-refractivity contribution is -0.384. The molecule has 1 aromatic rings. The average molecular weight is 226 g/mol. The fourth-order valence-electron chi connectivity index (χ4n) is 0.828. The summed E-state index contributed by atoms with van der Waals surface area (Å²) in [6.07, 6.45) is 0. The molecule has 5 nitrogen and oxygen atoms in total. The van der Waals surface area contributed by atoms with Gasteiger partial charge >= 0.3 is 0 Å². The zero-order valence-electron chi connectivity index (χ0n) is 8.34. The molecule has 1 aromatic carbocycles. The van der Waals surface area contributed by atoms with E-state index >= 15 is 0 Å². The Morgan fingerprint density at radius 2 is 1.87 bits per heavy atom. The minimum Gasteiger partial charge on any atom is -0.339 e. The molecule has 1 amide bonds. The number of amides is 1. The molecule has 0 saturated heterocycles. The number of rotatable bonds is 2. The summed E-state index contributed by atoms with van der Waals surface area (Å²) < 4.78 is 0. The first kappa shape index (κ1) is 11.5. The van der Waals surface area contributed by atoms with Gasteiger partial charge in [0.25, 0.3) is 10.9 Å². The van der Waals surface area contributed by atoms with Crippen molar-refractivity contribution in [1.29, 1.82) is 0 Å². The summed E-state index contributed by atoms with van der Waals surface area (Å²) >= 11 is 1.04. The van der Waals surface area contributed by atoms with Crippen LogP contribution in [0.2, 0.25) is 0 Å². The van der Waals surface area contributed by atoms with Crippen LogP contribution in [0.15, 0.2) is 29.2 Å². The lowest BCUT2D eigenvalue weighted by Crippen LogP contribution is -2.15. The first-order valence-electron chi connectivity index (χ1n) is 4.14. The van der Waals surface area contributed by atoms with Crippen LogP contribution in [-0.2, 0) is 0 Å². The monoisotopic (exact) mass is 226 g/mol. The average Bonchev–Trinajstić information content (AvgIpc) is 2.18. The van der Waals surface area contributed by atoms with Gasteiger partial charge in [-0.25, -0.2) is 0 Å². The molecule has 15 heavy (non-hydrogen) atoms. The van der Waals surface area contributed by atoms with Gasteiger partial charge < -0.3 is 4.90 Å². The molecule has 0 atom stereocenters.